The van der Waals surface area contributed by atoms with E-state index in [4.69, 9.17) is 5.73 Å². The molecule has 0 aromatic heterocycles. The number of nitrogens with two attached hydrogens (primary N) is 1. The number of amides is 1. The van der Waals surface area contributed by atoms with E-state index < -0.39 is 0 Å². The Morgan fingerprint density at radius 3 is 2.50 bits per heavy atom. The molecule has 1 aromatic carbocycles. The van der Waals surface area contributed by atoms with E-state index >= 15 is 0 Å². The summed E-state index contributed by atoms with van der Waals surface area (Å²) in [5, 5.41) is 0. The fourth-order valence-electron chi connectivity index (χ4n) is 2.34. The molecule has 1 amide bonds. The Labute approximate surface area is 120 Å². The largest absolute Gasteiger partial charge is 0.339 e. The van der Waals surface area contributed by atoms with Gasteiger partial charge in [-0.25, -0.2) is 0 Å². The van der Waals surface area contributed by atoms with Crippen LogP contribution in [0.3, 0.4) is 0 Å². The van der Waals surface area contributed by atoms with E-state index in [1.165, 1.54) is 5.56 Å². The third-order valence-corrected chi connectivity index (χ3v) is 3.55. The number of rotatable bonds is 4. The summed E-state index contributed by atoms with van der Waals surface area (Å²) in [6.07, 6.45) is 4.32. The first-order valence-electron chi connectivity index (χ1n) is 7.15. The molecule has 4 heteroatoms. The van der Waals surface area contributed by atoms with E-state index in [0.717, 1.165) is 32.7 Å². The van der Waals surface area contributed by atoms with Crippen molar-refractivity contribution in [3.05, 3.63) is 42.0 Å². The molecule has 0 saturated carbocycles. The van der Waals surface area contributed by atoms with Crippen LogP contribution >= 0.6 is 0 Å². The standard InChI is InChI=1S/C16H23N3O/c1-14(17)16(20)19-12-10-18(11-13-19)9-5-8-15-6-3-2-4-7-15/h2-8,14H,9-13,17H2,1H3/b8-5+/t14-/m0/s1. The number of benzene rings is 1. The molecule has 2 N–H and O–H groups in total. The van der Waals surface area contributed by atoms with Gasteiger partial charge in [-0.1, -0.05) is 42.5 Å². The van der Waals surface area contributed by atoms with Gasteiger partial charge in [0.1, 0.15) is 0 Å². The molecule has 0 radical (unpaired) electrons. The lowest BCUT2D eigenvalue weighted by molar-refractivity contribution is -0.133. The molecule has 1 atom stereocenters. The van der Waals surface area contributed by atoms with Crippen LogP contribution in [0.4, 0.5) is 0 Å². The smallest absolute Gasteiger partial charge is 0.239 e. The molecule has 1 aliphatic rings. The van der Waals surface area contributed by atoms with Crippen LogP contribution in [-0.4, -0.2) is 54.5 Å². The van der Waals surface area contributed by atoms with Crippen LogP contribution in [0.15, 0.2) is 36.4 Å². The fraction of sp³-hybridized carbons (Fsp3) is 0.438. The summed E-state index contributed by atoms with van der Waals surface area (Å²) in [5.74, 6) is 0.0597. The molecule has 0 spiro atoms. The molecule has 1 aliphatic heterocycles. The Balaban J connectivity index is 1.75. The van der Waals surface area contributed by atoms with Gasteiger partial charge in [0, 0.05) is 32.7 Å². The van der Waals surface area contributed by atoms with Gasteiger partial charge in [0.25, 0.3) is 0 Å². The topological polar surface area (TPSA) is 49.6 Å². The van der Waals surface area contributed by atoms with E-state index in [-0.39, 0.29) is 11.9 Å². The molecule has 0 unspecified atom stereocenters. The highest BCUT2D eigenvalue weighted by Gasteiger charge is 2.22. The van der Waals surface area contributed by atoms with Crippen molar-refractivity contribution in [2.24, 2.45) is 5.73 Å². The van der Waals surface area contributed by atoms with Crippen molar-refractivity contribution in [1.82, 2.24) is 9.80 Å². The third kappa shape index (κ3) is 4.18. The summed E-state index contributed by atoms with van der Waals surface area (Å²) in [7, 11) is 0. The zero-order valence-electron chi connectivity index (χ0n) is 12.0. The Hall–Kier alpha value is -1.65. The number of carbonyl (C=O) groups excluding carboxylic acids is 1. The van der Waals surface area contributed by atoms with Crippen LogP contribution in [0.25, 0.3) is 6.08 Å². The second kappa shape index (κ2) is 7.22. The van der Waals surface area contributed by atoms with Crippen molar-refractivity contribution < 1.29 is 4.79 Å². The van der Waals surface area contributed by atoms with Gasteiger partial charge < -0.3 is 10.6 Å². The average Bonchev–Trinajstić information content (AvgIpc) is 2.48. The van der Waals surface area contributed by atoms with E-state index in [9.17, 15) is 4.79 Å². The van der Waals surface area contributed by atoms with Gasteiger partial charge in [-0.3, -0.25) is 9.69 Å². The molecule has 1 saturated heterocycles. The molecule has 1 fully saturated rings. The minimum Gasteiger partial charge on any atom is -0.339 e. The summed E-state index contributed by atoms with van der Waals surface area (Å²) in [6, 6.07) is 9.90. The lowest BCUT2D eigenvalue weighted by Crippen LogP contribution is -2.52. The maximum atomic E-state index is 11.8. The first-order valence-corrected chi connectivity index (χ1v) is 7.15. The summed E-state index contributed by atoms with van der Waals surface area (Å²) >= 11 is 0. The molecule has 4 nitrogen and oxygen atoms in total. The van der Waals surface area contributed by atoms with E-state index in [0.29, 0.717) is 0 Å². The lowest BCUT2D eigenvalue weighted by atomic mass is 10.2. The van der Waals surface area contributed by atoms with E-state index in [1.54, 1.807) is 6.92 Å². The van der Waals surface area contributed by atoms with Crippen LogP contribution in [0.2, 0.25) is 0 Å². The van der Waals surface area contributed by atoms with Crippen molar-refractivity contribution in [2.75, 3.05) is 32.7 Å². The summed E-state index contributed by atoms with van der Waals surface area (Å²) in [4.78, 5) is 16.0. The minimum atomic E-state index is -0.389. The van der Waals surface area contributed by atoms with Crippen LogP contribution in [0, 0.1) is 0 Å². The molecule has 108 valence electrons. The monoisotopic (exact) mass is 273 g/mol. The van der Waals surface area contributed by atoms with Crippen molar-refractivity contribution in [3.8, 4) is 0 Å². The van der Waals surface area contributed by atoms with Crippen LogP contribution in [0.1, 0.15) is 12.5 Å². The third-order valence-electron chi connectivity index (χ3n) is 3.55. The molecular weight excluding hydrogens is 250 g/mol. The second-order valence-corrected chi connectivity index (χ2v) is 5.23. The van der Waals surface area contributed by atoms with E-state index in [2.05, 4.69) is 29.2 Å². The van der Waals surface area contributed by atoms with Crippen molar-refractivity contribution >= 4 is 12.0 Å². The van der Waals surface area contributed by atoms with E-state index in [1.807, 2.05) is 23.1 Å². The number of hydrogen-bond donors (Lipinski definition) is 1. The van der Waals surface area contributed by atoms with Crippen LogP contribution in [0.5, 0.6) is 0 Å². The Morgan fingerprint density at radius 1 is 1.25 bits per heavy atom. The summed E-state index contributed by atoms with van der Waals surface area (Å²) < 4.78 is 0. The normalized spacial score (nSPS) is 18.4. The van der Waals surface area contributed by atoms with Gasteiger partial charge in [0.15, 0.2) is 0 Å². The molecule has 1 aromatic rings. The SMILES string of the molecule is C[C@H](N)C(=O)N1CCN(C/C=C/c2ccccc2)CC1. The summed E-state index contributed by atoms with van der Waals surface area (Å²) in [5.41, 5.74) is 6.85. The highest BCUT2D eigenvalue weighted by molar-refractivity contribution is 5.81. The molecule has 0 bridgehead atoms. The maximum Gasteiger partial charge on any atom is 0.239 e. The zero-order chi connectivity index (χ0) is 14.4. The van der Waals surface area contributed by atoms with Gasteiger partial charge in [0.2, 0.25) is 5.91 Å². The van der Waals surface area contributed by atoms with Gasteiger partial charge in [-0.15, -0.1) is 0 Å². The van der Waals surface area contributed by atoms with Crippen molar-refractivity contribution in [2.45, 2.75) is 13.0 Å². The van der Waals surface area contributed by atoms with Crippen molar-refractivity contribution in [3.63, 3.8) is 0 Å². The van der Waals surface area contributed by atoms with Gasteiger partial charge in [-0.05, 0) is 12.5 Å². The van der Waals surface area contributed by atoms with Gasteiger partial charge >= 0.3 is 0 Å². The second-order valence-electron chi connectivity index (χ2n) is 5.23. The minimum absolute atomic E-state index is 0.0597. The number of nitrogens with zero attached hydrogens (tertiary/aromatic N) is 2. The summed E-state index contributed by atoms with van der Waals surface area (Å²) in [6.45, 7) is 6.06. The molecular formula is C16H23N3O. The Morgan fingerprint density at radius 2 is 1.90 bits per heavy atom. The lowest BCUT2D eigenvalue weighted by Gasteiger charge is -2.34. The Bertz CT molecular complexity index is 448. The number of carbonyl (C=O) groups is 1. The zero-order valence-corrected chi connectivity index (χ0v) is 12.0. The average molecular weight is 273 g/mol. The molecule has 2 rings (SSSR count). The van der Waals surface area contributed by atoms with Gasteiger partial charge in [0.05, 0.1) is 6.04 Å². The fourth-order valence-corrected chi connectivity index (χ4v) is 2.34. The quantitative estimate of drug-likeness (QED) is 0.896. The number of piperazine rings is 1. The molecule has 1 heterocycles. The number of hydrogen-bond acceptors (Lipinski definition) is 3. The van der Waals surface area contributed by atoms with Crippen molar-refractivity contribution in [1.29, 1.82) is 0 Å². The maximum absolute atomic E-state index is 11.8. The first-order chi connectivity index (χ1) is 9.66. The predicted octanol–water partition coefficient (Wildman–Crippen LogP) is 1.19. The Kier molecular flexibility index (Phi) is 5.32. The highest BCUT2D eigenvalue weighted by Crippen LogP contribution is 2.05. The molecule has 20 heavy (non-hydrogen) atoms. The first kappa shape index (κ1) is 14.8. The van der Waals surface area contributed by atoms with Crippen LogP contribution < -0.4 is 5.73 Å². The molecule has 0 aliphatic carbocycles. The van der Waals surface area contributed by atoms with Crippen LogP contribution in [-0.2, 0) is 4.79 Å². The highest BCUT2D eigenvalue weighted by atomic mass is 16.2. The van der Waals surface area contributed by atoms with Gasteiger partial charge in [-0.2, -0.15) is 0 Å². The predicted molar refractivity (Wildman–Crippen MR) is 82.1 cm³/mol.